The van der Waals surface area contributed by atoms with Gasteiger partial charge in [-0.2, -0.15) is 0 Å². The van der Waals surface area contributed by atoms with Gasteiger partial charge in [-0.3, -0.25) is 10.1 Å². The van der Waals surface area contributed by atoms with Crippen LogP contribution in [-0.4, -0.2) is 36.7 Å². The number of hydrogen-bond acceptors (Lipinski definition) is 4. The van der Waals surface area contributed by atoms with Crippen molar-refractivity contribution in [1.29, 1.82) is 0 Å². The van der Waals surface area contributed by atoms with Crippen LogP contribution in [-0.2, 0) is 9.53 Å². The lowest BCUT2D eigenvalue weighted by Gasteiger charge is -2.25. The molecule has 0 radical (unpaired) electrons. The lowest BCUT2D eigenvalue weighted by atomic mass is 10.0. The summed E-state index contributed by atoms with van der Waals surface area (Å²) in [5.74, 6) is -2.24. The van der Waals surface area contributed by atoms with Gasteiger partial charge in [0.25, 0.3) is 5.72 Å². The average Bonchev–Trinajstić information content (AvgIpc) is 2.29. The second kappa shape index (κ2) is 5.67. The number of nitrogens with one attached hydrogen (secondary N) is 1. The van der Waals surface area contributed by atoms with Gasteiger partial charge in [-0.15, -0.1) is 0 Å². The summed E-state index contributed by atoms with van der Waals surface area (Å²) in [5, 5.41) is 11.9. The smallest absolute Gasteiger partial charge is 0.360 e. The lowest BCUT2D eigenvalue weighted by molar-refractivity contribution is -0.158. The Morgan fingerprint density at radius 2 is 1.78 bits per heavy atom. The fourth-order valence-electron chi connectivity index (χ4n) is 1.49. The van der Waals surface area contributed by atoms with Gasteiger partial charge in [-0.05, 0) is 25.2 Å². The molecule has 0 aliphatic rings. The number of ether oxygens (including phenoxy) is 1. The standard InChI is InChI=1S/C11H11Cl2NO4/c1-14-11(18-2,10(16)17)9(15)6-3-7(12)5-8(13)4-6/h3-5,14H,1-2H3,(H,16,17). The van der Waals surface area contributed by atoms with Crippen LogP contribution in [0, 0.1) is 0 Å². The van der Waals surface area contributed by atoms with Gasteiger partial charge in [0.05, 0.1) is 0 Å². The minimum absolute atomic E-state index is 0.0473. The number of ketones is 1. The average molecular weight is 292 g/mol. The van der Waals surface area contributed by atoms with Crippen molar-refractivity contribution in [3.8, 4) is 0 Å². The number of Topliss-reactive ketones (excluding diaryl/α,β-unsaturated/α-hetero) is 1. The lowest BCUT2D eigenvalue weighted by Crippen LogP contribution is -2.58. The molecule has 0 spiro atoms. The molecule has 1 rings (SSSR count). The highest BCUT2D eigenvalue weighted by atomic mass is 35.5. The van der Waals surface area contributed by atoms with Crippen LogP contribution >= 0.6 is 23.2 Å². The van der Waals surface area contributed by atoms with Crippen LogP contribution < -0.4 is 5.32 Å². The van der Waals surface area contributed by atoms with E-state index in [0.717, 1.165) is 7.11 Å². The van der Waals surface area contributed by atoms with E-state index >= 15 is 0 Å². The molecule has 0 fully saturated rings. The van der Waals surface area contributed by atoms with E-state index in [-0.39, 0.29) is 15.6 Å². The highest BCUT2D eigenvalue weighted by Gasteiger charge is 2.46. The van der Waals surface area contributed by atoms with Crippen molar-refractivity contribution >= 4 is 35.0 Å². The van der Waals surface area contributed by atoms with Gasteiger partial charge in [0.1, 0.15) is 0 Å². The van der Waals surface area contributed by atoms with Gasteiger partial charge >= 0.3 is 5.97 Å². The number of carboxylic acids is 1. The summed E-state index contributed by atoms with van der Waals surface area (Å²) in [6.07, 6.45) is 0. The van der Waals surface area contributed by atoms with Crippen LogP contribution in [0.15, 0.2) is 18.2 Å². The Balaban J connectivity index is 3.30. The van der Waals surface area contributed by atoms with Crippen LogP contribution in [0.5, 0.6) is 0 Å². The molecular formula is C11H11Cl2NO4. The number of rotatable bonds is 5. The first-order valence-corrected chi connectivity index (χ1v) is 5.61. The van der Waals surface area contributed by atoms with Crippen molar-refractivity contribution in [3.63, 3.8) is 0 Å². The number of halogens is 2. The first-order chi connectivity index (χ1) is 8.37. The van der Waals surface area contributed by atoms with E-state index < -0.39 is 17.5 Å². The van der Waals surface area contributed by atoms with Crippen LogP contribution in [0.4, 0.5) is 0 Å². The summed E-state index contributed by atoms with van der Waals surface area (Å²) < 4.78 is 4.80. The number of carboxylic acid groups (broad SMARTS) is 1. The first-order valence-electron chi connectivity index (χ1n) is 4.85. The van der Waals surface area contributed by atoms with Gasteiger partial charge in [-0.25, -0.2) is 4.79 Å². The molecule has 0 amide bonds. The maximum absolute atomic E-state index is 12.2. The van der Waals surface area contributed by atoms with Crippen molar-refractivity contribution < 1.29 is 19.4 Å². The van der Waals surface area contributed by atoms with E-state index in [9.17, 15) is 9.59 Å². The second-order valence-electron chi connectivity index (χ2n) is 3.43. The molecule has 1 unspecified atom stereocenters. The Morgan fingerprint density at radius 3 is 2.11 bits per heavy atom. The Kier molecular flexibility index (Phi) is 4.70. The van der Waals surface area contributed by atoms with Crippen molar-refractivity contribution in [2.45, 2.75) is 5.72 Å². The van der Waals surface area contributed by atoms with Gasteiger partial charge < -0.3 is 9.84 Å². The molecule has 0 aromatic heterocycles. The van der Waals surface area contributed by atoms with E-state index in [0.29, 0.717) is 0 Å². The Hall–Kier alpha value is -1.14. The molecule has 1 atom stereocenters. The van der Waals surface area contributed by atoms with Crippen LogP contribution in [0.3, 0.4) is 0 Å². The topological polar surface area (TPSA) is 75.6 Å². The van der Waals surface area contributed by atoms with Crippen LogP contribution in [0.1, 0.15) is 10.4 Å². The molecular weight excluding hydrogens is 281 g/mol. The second-order valence-corrected chi connectivity index (χ2v) is 4.30. The van der Waals surface area contributed by atoms with E-state index in [1.54, 1.807) is 0 Å². The summed E-state index contributed by atoms with van der Waals surface area (Å²) in [6, 6.07) is 4.09. The van der Waals surface area contributed by atoms with E-state index in [2.05, 4.69) is 5.32 Å². The minimum atomic E-state index is -2.16. The molecule has 1 aromatic rings. The number of benzene rings is 1. The number of carbonyl (C=O) groups excluding carboxylic acids is 1. The third-order valence-electron chi connectivity index (χ3n) is 2.40. The summed E-state index contributed by atoms with van der Waals surface area (Å²) in [6.45, 7) is 0. The van der Waals surface area contributed by atoms with E-state index in [4.69, 9.17) is 33.0 Å². The molecule has 1 aromatic carbocycles. The number of carbonyl (C=O) groups is 2. The molecule has 0 saturated heterocycles. The van der Waals surface area contributed by atoms with Crippen molar-refractivity contribution in [1.82, 2.24) is 5.32 Å². The largest absolute Gasteiger partial charge is 0.478 e. The SMILES string of the molecule is CNC(OC)(C(=O)O)C(=O)c1cc(Cl)cc(Cl)c1. The summed E-state index contributed by atoms with van der Waals surface area (Å²) in [4.78, 5) is 23.4. The molecule has 2 N–H and O–H groups in total. The highest BCUT2D eigenvalue weighted by Crippen LogP contribution is 2.23. The molecule has 0 bridgehead atoms. The molecule has 5 nitrogen and oxygen atoms in total. The number of methoxy groups -OCH3 is 1. The zero-order chi connectivity index (χ0) is 13.9. The summed E-state index contributed by atoms with van der Waals surface area (Å²) >= 11 is 11.5. The van der Waals surface area contributed by atoms with E-state index in [1.165, 1.54) is 25.2 Å². The molecule has 98 valence electrons. The van der Waals surface area contributed by atoms with Crippen molar-refractivity contribution in [2.75, 3.05) is 14.2 Å². The fourth-order valence-corrected chi connectivity index (χ4v) is 2.01. The molecule has 0 saturated carbocycles. The Labute approximate surface area is 114 Å². The zero-order valence-corrected chi connectivity index (χ0v) is 11.2. The first kappa shape index (κ1) is 14.9. The van der Waals surface area contributed by atoms with Crippen LogP contribution in [0.25, 0.3) is 0 Å². The number of likely N-dealkylation sites (N-methyl/N-ethyl adjacent to an activating group) is 1. The molecule has 0 heterocycles. The third-order valence-corrected chi connectivity index (χ3v) is 2.84. The predicted octanol–water partition coefficient (Wildman–Crippen LogP) is 1.82. The zero-order valence-electron chi connectivity index (χ0n) is 9.66. The summed E-state index contributed by atoms with van der Waals surface area (Å²) in [7, 11) is 2.43. The maximum Gasteiger partial charge on any atom is 0.360 e. The normalized spacial score (nSPS) is 14.0. The number of aliphatic carboxylic acids is 1. The van der Waals surface area contributed by atoms with Crippen molar-refractivity contribution in [2.24, 2.45) is 0 Å². The highest BCUT2D eigenvalue weighted by molar-refractivity contribution is 6.35. The van der Waals surface area contributed by atoms with Gasteiger partial charge in [0, 0.05) is 22.7 Å². The predicted molar refractivity (Wildman–Crippen MR) is 67.2 cm³/mol. The monoisotopic (exact) mass is 291 g/mol. The maximum atomic E-state index is 12.2. The third kappa shape index (κ3) is 2.64. The number of hydrogen-bond donors (Lipinski definition) is 2. The van der Waals surface area contributed by atoms with Gasteiger partial charge in [-0.1, -0.05) is 23.2 Å². The fraction of sp³-hybridized carbons (Fsp3) is 0.273. The molecule has 0 aliphatic heterocycles. The molecule has 18 heavy (non-hydrogen) atoms. The van der Waals surface area contributed by atoms with Crippen molar-refractivity contribution in [3.05, 3.63) is 33.8 Å². The quantitative estimate of drug-likeness (QED) is 0.492. The van der Waals surface area contributed by atoms with E-state index in [1.807, 2.05) is 0 Å². The Bertz CT molecular complexity index is 466. The van der Waals surface area contributed by atoms with Crippen LogP contribution in [0.2, 0.25) is 10.0 Å². The molecule has 0 aliphatic carbocycles. The van der Waals surface area contributed by atoms with Gasteiger partial charge in [0.15, 0.2) is 0 Å². The molecule has 7 heteroatoms. The van der Waals surface area contributed by atoms with Gasteiger partial charge in [0.2, 0.25) is 5.78 Å². The Morgan fingerprint density at radius 1 is 1.28 bits per heavy atom. The minimum Gasteiger partial charge on any atom is -0.478 e. The summed E-state index contributed by atoms with van der Waals surface area (Å²) in [5.41, 5.74) is -2.11.